The molecule has 160 valence electrons. The minimum absolute atomic E-state index is 0.163. The van der Waals surface area contributed by atoms with E-state index in [1.165, 1.54) is 12.8 Å². The van der Waals surface area contributed by atoms with Crippen LogP contribution in [0.15, 0.2) is 18.7 Å². The Kier molecular flexibility index (Phi) is 7.26. The molecule has 30 heavy (non-hydrogen) atoms. The van der Waals surface area contributed by atoms with Gasteiger partial charge in [-0.25, -0.2) is 24.9 Å². The summed E-state index contributed by atoms with van der Waals surface area (Å²) >= 11 is 0. The number of aryl methyl sites for hydroxylation is 2. The van der Waals surface area contributed by atoms with Crippen LogP contribution in [0, 0.1) is 6.92 Å². The number of carbonyl (C=O) groups excluding carboxylic acids is 1. The number of fused-ring (bicyclic) bond motifs is 1. The van der Waals surface area contributed by atoms with Gasteiger partial charge >= 0.3 is 0 Å². The molecule has 3 aromatic heterocycles. The molecule has 4 rings (SSSR count). The number of imidazole rings is 1. The summed E-state index contributed by atoms with van der Waals surface area (Å²) in [6, 6.07) is 0.163. The van der Waals surface area contributed by atoms with Crippen LogP contribution in [0.4, 0.5) is 5.82 Å². The van der Waals surface area contributed by atoms with Crippen molar-refractivity contribution in [3.05, 3.63) is 24.5 Å². The van der Waals surface area contributed by atoms with Crippen LogP contribution in [0.5, 0.6) is 0 Å². The summed E-state index contributed by atoms with van der Waals surface area (Å²) < 4.78 is 2.03. The van der Waals surface area contributed by atoms with Gasteiger partial charge in [-0.3, -0.25) is 4.79 Å². The smallest absolute Gasteiger partial charge is 0.209 e. The maximum Gasteiger partial charge on any atom is 0.209 e. The van der Waals surface area contributed by atoms with Crippen molar-refractivity contribution < 1.29 is 4.79 Å². The summed E-state index contributed by atoms with van der Waals surface area (Å²) in [7, 11) is 0. The maximum atomic E-state index is 10.9. The zero-order valence-corrected chi connectivity index (χ0v) is 18.2. The van der Waals surface area contributed by atoms with Crippen LogP contribution < -0.4 is 5.32 Å². The highest BCUT2D eigenvalue weighted by Gasteiger charge is 2.23. The molecule has 1 saturated heterocycles. The predicted molar refractivity (Wildman–Crippen MR) is 117 cm³/mol. The van der Waals surface area contributed by atoms with Crippen molar-refractivity contribution in [3.63, 3.8) is 0 Å². The molecule has 0 saturated carbocycles. The Morgan fingerprint density at radius 1 is 1.13 bits per heavy atom. The van der Waals surface area contributed by atoms with E-state index in [-0.39, 0.29) is 6.04 Å². The van der Waals surface area contributed by atoms with Gasteiger partial charge in [0.2, 0.25) is 6.41 Å². The van der Waals surface area contributed by atoms with Gasteiger partial charge in [0.15, 0.2) is 17.0 Å². The fourth-order valence-electron chi connectivity index (χ4n) is 3.26. The lowest BCUT2D eigenvalue weighted by Gasteiger charge is -2.13. The average Bonchev–Trinajstić information content (AvgIpc) is 3.39. The van der Waals surface area contributed by atoms with Crippen LogP contribution >= 0.6 is 0 Å². The molecule has 1 aliphatic heterocycles. The van der Waals surface area contributed by atoms with E-state index in [9.17, 15) is 4.79 Å². The second kappa shape index (κ2) is 10.1. The molecule has 0 radical (unpaired) electrons. The number of aromatic nitrogens is 6. The molecule has 4 heterocycles. The molecule has 0 aromatic carbocycles. The van der Waals surface area contributed by atoms with E-state index in [2.05, 4.69) is 39.1 Å². The minimum atomic E-state index is 0.163. The fourth-order valence-corrected chi connectivity index (χ4v) is 3.26. The third kappa shape index (κ3) is 4.72. The number of amides is 1. The minimum Gasteiger partial charge on any atom is -0.364 e. The zero-order valence-electron chi connectivity index (χ0n) is 18.2. The number of anilines is 1. The van der Waals surface area contributed by atoms with Crippen molar-refractivity contribution in [2.24, 2.45) is 0 Å². The van der Waals surface area contributed by atoms with Gasteiger partial charge in [-0.15, -0.1) is 0 Å². The Balaban J connectivity index is 0.000000589. The first-order valence-electron chi connectivity index (χ1n) is 10.6. The average molecular weight is 411 g/mol. The molecule has 9 heteroatoms. The van der Waals surface area contributed by atoms with E-state index in [0.717, 1.165) is 54.3 Å². The van der Waals surface area contributed by atoms with E-state index in [1.54, 1.807) is 23.6 Å². The molecule has 0 spiro atoms. The standard InChI is InChI=1S/C17H20N8O.C4H10/c1-3-25-16(12-6-18-11(2)19-7-12)23-14-15(20-9-21-17(14)25)22-13-4-5-24(8-13)10-26;1-3-4-2/h6-7,9-10,13H,3-5,8H2,1-2H3,(H,20,21,22);3-4H2,1-2H3. The Labute approximate surface area is 177 Å². The highest BCUT2D eigenvalue weighted by Crippen LogP contribution is 2.27. The lowest BCUT2D eigenvalue weighted by Crippen LogP contribution is -2.25. The highest BCUT2D eigenvalue weighted by atomic mass is 16.1. The molecular weight excluding hydrogens is 380 g/mol. The first kappa shape index (κ1) is 21.6. The third-order valence-corrected chi connectivity index (χ3v) is 5.10. The third-order valence-electron chi connectivity index (χ3n) is 5.10. The number of unbranched alkanes of at least 4 members (excludes halogenated alkanes) is 1. The summed E-state index contributed by atoms with van der Waals surface area (Å²) in [4.78, 5) is 34.8. The van der Waals surface area contributed by atoms with E-state index in [4.69, 9.17) is 4.98 Å². The highest BCUT2D eigenvalue weighted by molar-refractivity contribution is 5.86. The quantitative estimate of drug-likeness (QED) is 0.623. The summed E-state index contributed by atoms with van der Waals surface area (Å²) in [5, 5.41) is 3.41. The monoisotopic (exact) mass is 410 g/mol. The Morgan fingerprint density at radius 2 is 1.87 bits per heavy atom. The summed E-state index contributed by atoms with van der Waals surface area (Å²) in [6.45, 7) is 10.4. The van der Waals surface area contributed by atoms with Gasteiger partial charge in [-0.05, 0) is 20.3 Å². The molecule has 1 unspecified atom stereocenters. The number of nitrogens with one attached hydrogen (secondary N) is 1. The van der Waals surface area contributed by atoms with Crippen LogP contribution in [0.1, 0.15) is 45.9 Å². The maximum absolute atomic E-state index is 10.9. The molecular formula is C21H30N8O. The molecule has 1 N–H and O–H groups in total. The molecule has 9 nitrogen and oxygen atoms in total. The van der Waals surface area contributed by atoms with Crippen LogP contribution in [-0.4, -0.2) is 59.9 Å². The summed E-state index contributed by atoms with van der Waals surface area (Å²) in [5.74, 6) is 2.18. The first-order valence-corrected chi connectivity index (χ1v) is 10.6. The number of carbonyl (C=O) groups is 1. The molecule has 1 aliphatic rings. The SMILES string of the molecule is CCCC.CCn1c(-c2cnc(C)nc2)nc2c(NC3CCN(C=O)C3)ncnc21. The Morgan fingerprint density at radius 3 is 2.47 bits per heavy atom. The second-order valence-electron chi connectivity index (χ2n) is 7.32. The van der Waals surface area contributed by atoms with Gasteiger partial charge in [0.1, 0.15) is 18.0 Å². The molecule has 0 aliphatic carbocycles. The number of likely N-dealkylation sites (tertiary alicyclic amines) is 1. The van der Waals surface area contributed by atoms with Crippen LogP contribution in [0.3, 0.4) is 0 Å². The lowest BCUT2D eigenvalue weighted by molar-refractivity contribution is -0.117. The van der Waals surface area contributed by atoms with Crippen LogP contribution in [0.25, 0.3) is 22.6 Å². The first-order chi connectivity index (χ1) is 14.6. The van der Waals surface area contributed by atoms with Gasteiger partial charge in [-0.1, -0.05) is 26.7 Å². The van der Waals surface area contributed by atoms with E-state index < -0.39 is 0 Å². The van der Waals surface area contributed by atoms with Gasteiger partial charge < -0.3 is 14.8 Å². The molecule has 1 atom stereocenters. The van der Waals surface area contributed by atoms with Crippen LogP contribution in [-0.2, 0) is 11.3 Å². The number of rotatable bonds is 6. The van der Waals surface area contributed by atoms with Crippen molar-refractivity contribution >= 4 is 23.4 Å². The number of nitrogens with zero attached hydrogens (tertiary/aromatic N) is 7. The second-order valence-corrected chi connectivity index (χ2v) is 7.32. The summed E-state index contributed by atoms with van der Waals surface area (Å²) in [5.41, 5.74) is 2.33. The van der Waals surface area contributed by atoms with E-state index in [1.807, 2.05) is 18.4 Å². The van der Waals surface area contributed by atoms with Gasteiger partial charge in [0, 0.05) is 38.1 Å². The fraction of sp³-hybridized carbons (Fsp3) is 0.524. The Hall–Kier alpha value is -3.10. The largest absolute Gasteiger partial charge is 0.364 e. The molecule has 3 aromatic rings. The van der Waals surface area contributed by atoms with Crippen molar-refractivity contribution in [2.45, 2.75) is 59.5 Å². The van der Waals surface area contributed by atoms with Crippen molar-refractivity contribution in [1.29, 1.82) is 0 Å². The zero-order chi connectivity index (χ0) is 21.5. The Bertz CT molecular complexity index is 967. The number of hydrogen-bond acceptors (Lipinski definition) is 7. The van der Waals surface area contributed by atoms with Crippen molar-refractivity contribution in [3.8, 4) is 11.4 Å². The van der Waals surface area contributed by atoms with Crippen molar-refractivity contribution in [2.75, 3.05) is 18.4 Å². The number of hydrogen-bond donors (Lipinski definition) is 1. The van der Waals surface area contributed by atoms with Gasteiger partial charge in [0.25, 0.3) is 0 Å². The van der Waals surface area contributed by atoms with Crippen LogP contribution in [0.2, 0.25) is 0 Å². The molecule has 0 bridgehead atoms. The normalized spacial score (nSPS) is 15.7. The molecule has 1 fully saturated rings. The predicted octanol–water partition coefficient (Wildman–Crippen LogP) is 3.06. The summed E-state index contributed by atoms with van der Waals surface area (Å²) in [6.07, 6.45) is 9.50. The van der Waals surface area contributed by atoms with Gasteiger partial charge in [-0.2, -0.15) is 0 Å². The van der Waals surface area contributed by atoms with Crippen molar-refractivity contribution in [1.82, 2.24) is 34.4 Å². The van der Waals surface area contributed by atoms with E-state index in [0.29, 0.717) is 12.4 Å². The lowest BCUT2D eigenvalue weighted by atomic mass is 10.2. The molecule has 1 amide bonds. The van der Waals surface area contributed by atoms with Gasteiger partial charge in [0.05, 0.1) is 5.56 Å². The van der Waals surface area contributed by atoms with E-state index >= 15 is 0 Å². The topological polar surface area (TPSA) is 102 Å².